The monoisotopic (exact) mass is 248 g/mol. The van der Waals surface area contributed by atoms with E-state index in [-0.39, 0.29) is 5.97 Å². The van der Waals surface area contributed by atoms with Crippen molar-refractivity contribution in [2.24, 2.45) is 5.92 Å². The van der Waals surface area contributed by atoms with Gasteiger partial charge in [0.2, 0.25) is 0 Å². The highest BCUT2D eigenvalue weighted by Gasteiger charge is 2.18. The normalized spacial score (nSPS) is 15.0. The fraction of sp³-hybridized carbons (Fsp3) is 0.500. The largest absolute Gasteiger partial charge is 0.465 e. The number of carbonyl (C=O) groups is 1. The molecule has 1 fully saturated rings. The minimum absolute atomic E-state index is 0.386. The summed E-state index contributed by atoms with van der Waals surface area (Å²) in [6.07, 6.45) is 3.93. The quantitative estimate of drug-likeness (QED) is 0.635. The maximum absolute atomic E-state index is 11.6. The minimum atomic E-state index is -0.386. The van der Waals surface area contributed by atoms with Crippen LogP contribution in [0.2, 0.25) is 0 Å². The van der Waals surface area contributed by atoms with E-state index in [1.807, 2.05) is 13.0 Å². The molecule has 0 bridgehead atoms. The first-order valence-electron chi connectivity index (χ1n) is 6.34. The second kappa shape index (κ2) is 5.29. The standard InChI is InChI=1S/C14H20N2O2/c1-9-6-11(16-8-10-4-3-5-10)7-12(13(9)15)14(17)18-2/h6-7,10,16H,3-5,8,15H2,1-2H3. The number of aryl methyl sites for hydroxylation is 1. The van der Waals surface area contributed by atoms with Crippen LogP contribution in [0.15, 0.2) is 12.1 Å². The molecular formula is C14H20N2O2. The van der Waals surface area contributed by atoms with Crippen molar-refractivity contribution in [1.29, 1.82) is 0 Å². The smallest absolute Gasteiger partial charge is 0.340 e. The summed E-state index contributed by atoms with van der Waals surface area (Å²) in [7, 11) is 1.37. The molecule has 1 aromatic rings. The average Bonchev–Trinajstić information content (AvgIpc) is 2.30. The van der Waals surface area contributed by atoms with Gasteiger partial charge < -0.3 is 15.8 Å². The zero-order valence-corrected chi connectivity index (χ0v) is 11.0. The van der Waals surface area contributed by atoms with Gasteiger partial charge in [0.15, 0.2) is 0 Å². The van der Waals surface area contributed by atoms with Crippen LogP contribution in [0.3, 0.4) is 0 Å². The molecule has 1 aliphatic carbocycles. The van der Waals surface area contributed by atoms with Gasteiger partial charge in [-0.05, 0) is 43.4 Å². The third-order valence-corrected chi connectivity index (χ3v) is 3.61. The van der Waals surface area contributed by atoms with Gasteiger partial charge in [-0.3, -0.25) is 0 Å². The molecule has 1 saturated carbocycles. The number of hydrogen-bond acceptors (Lipinski definition) is 4. The Bertz CT molecular complexity index is 453. The van der Waals surface area contributed by atoms with Crippen LogP contribution in [0.25, 0.3) is 0 Å². The van der Waals surface area contributed by atoms with Crippen LogP contribution >= 0.6 is 0 Å². The van der Waals surface area contributed by atoms with E-state index < -0.39 is 0 Å². The minimum Gasteiger partial charge on any atom is -0.465 e. The van der Waals surface area contributed by atoms with E-state index in [1.165, 1.54) is 26.4 Å². The van der Waals surface area contributed by atoms with Crippen molar-refractivity contribution >= 4 is 17.3 Å². The predicted octanol–water partition coefficient (Wildman–Crippen LogP) is 2.58. The first-order chi connectivity index (χ1) is 8.61. The summed E-state index contributed by atoms with van der Waals surface area (Å²) in [4.78, 5) is 11.6. The molecule has 4 heteroatoms. The highest BCUT2D eigenvalue weighted by atomic mass is 16.5. The van der Waals surface area contributed by atoms with Crippen molar-refractivity contribution in [3.63, 3.8) is 0 Å². The topological polar surface area (TPSA) is 64.3 Å². The highest BCUT2D eigenvalue weighted by molar-refractivity contribution is 5.97. The molecule has 1 aromatic carbocycles. The molecule has 0 spiro atoms. The van der Waals surface area contributed by atoms with Gasteiger partial charge in [-0.15, -0.1) is 0 Å². The number of nitrogens with two attached hydrogens (primary N) is 1. The number of nitrogen functional groups attached to an aromatic ring is 1. The molecule has 1 aliphatic rings. The summed E-state index contributed by atoms with van der Waals surface area (Å²) in [6.45, 7) is 2.86. The van der Waals surface area contributed by atoms with E-state index in [9.17, 15) is 4.79 Å². The van der Waals surface area contributed by atoms with E-state index >= 15 is 0 Å². The molecular weight excluding hydrogens is 228 g/mol. The zero-order chi connectivity index (χ0) is 13.1. The van der Waals surface area contributed by atoms with Crippen molar-refractivity contribution in [3.8, 4) is 0 Å². The number of ether oxygens (including phenoxy) is 1. The van der Waals surface area contributed by atoms with Gasteiger partial charge in [0.1, 0.15) is 0 Å². The van der Waals surface area contributed by atoms with Crippen LogP contribution in [0.5, 0.6) is 0 Å². The van der Waals surface area contributed by atoms with E-state index in [1.54, 1.807) is 6.07 Å². The Hall–Kier alpha value is -1.71. The lowest BCUT2D eigenvalue weighted by Gasteiger charge is -2.26. The molecule has 0 atom stereocenters. The van der Waals surface area contributed by atoms with Crippen LogP contribution in [0.1, 0.15) is 35.2 Å². The third-order valence-electron chi connectivity index (χ3n) is 3.61. The number of methoxy groups -OCH3 is 1. The van der Waals surface area contributed by atoms with Gasteiger partial charge in [-0.1, -0.05) is 6.42 Å². The Morgan fingerprint density at radius 2 is 2.22 bits per heavy atom. The fourth-order valence-electron chi connectivity index (χ4n) is 2.14. The SMILES string of the molecule is COC(=O)c1cc(NCC2CCC2)cc(C)c1N. The van der Waals surface area contributed by atoms with Gasteiger partial charge in [0.25, 0.3) is 0 Å². The van der Waals surface area contributed by atoms with Crippen LogP contribution in [-0.4, -0.2) is 19.6 Å². The van der Waals surface area contributed by atoms with Gasteiger partial charge >= 0.3 is 5.97 Å². The summed E-state index contributed by atoms with van der Waals surface area (Å²) in [6, 6.07) is 3.74. The number of benzene rings is 1. The molecule has 0 heterocycles. The third kappa shape index (κ3) is 2.58. The van der Waals surface area contributed by atoms with Crippen molar-refractivity contribution in [2.45, 2.75) is 26.2 Å². The number of hydrogen-bond donors (Lipinski definition) is 2. The maximum atomic E-state index is 11.6. The Labute approximate surface area is 108 Å². The molecule has 0 aromatic heterocycles. The predicted molar refractivity (Wildman–Crippen MR) is 72.8 cm³/mol. The highest BCUT2D eigenvalue weighted by Crippen LogP contribution is 2.28. The Morgan fingerprint density at radius 3 is 2.78 bits per heavy atom. The second-order valence-electron chi connectivity index (χ2n) is 4.92. The van der Waals surface area contributed by atoms with Gasteiger partial charge in [-0.25, -0.2) is 4.79 Å². The first-order valence-corrected chi connectivity index (χ1v) is 6.34. The van der Waals surface area contributed by atoms with Gasteiger partial charge in [0.05, 0.1) is 12.7 Å². The van der Waals surface area contributed by atoms with Crippen LogP contribution < -0.4 is 11.1 Å². The molecule has 98 valence electrons. The van der Waals surface area contributed by atoms with Gasteiger partial charge in [0, 0.05) is 17.9 Å². The molecule has 18 heavy (non-hydrogen) atoms. The number of carbonyl (C=O) groups excluding carboxylic acids is 1. The molecule has 3 N–H and O–H groups in total. The molecule has 0 unspecified atom stereocenters. The first kappa shape index (κ1) is 12.7. The number of esters is 1. The van der Waals surface area contributed by atoms with E-state index in [2.05, 4.69) is 5.32 Å². The summed E-state index contributed by atoms with van der Waals surface area (Å²) in [5, 5.41) is 3.37. The Kier molecular flexibility index (Phi) is 3.75. The molecule has 0 radical (unpaired) electrons. The lowest BCUT2D eigenvalue weighted by atomic mass is 9.85. The van der Waals surface area contributed by atoms with Crippen molar-refractivity contribution in [2.75, 3.05) is 24.7 Å². The summed E-state index contributed by atoms with van der Waals surface area (Å²) >= 11 is 0. The average molecular weight is 248 g/mol. The molecule has 0 amide bonds. The van der Waals surface area contributed by atoms with E-state index in [0.29, 0.717) is 11.3 Å². The van der Waals surface area contributed by atoms with E-state index in [4.69, 9.17) is 10.5 Å². The molecule has 0 aliphatic heterocycles. The Morgan fingerprint density at radius 1 is 1.50 bits per heavy atom. The molecule has 2 rings (SSSR count). The van der Waals surface area contributed by atoms with E-state index in [0.717, 1.165) is 23.7 Å². The lowest BCUT2D eigenvalue weighted by molar-refractivity contribution is 0.0602. The Balaban J connectivity index is 2.14. The summed E-state index contributed by atoms with van der Waals surface area (Å²) in [5.41, 5.74) is 8.66. The van der Waals surface area contributed by atoms with Crippen molar-refractivity contribution in [1.82, 2.24) is 0 Å². The maximum Gasteiger partial charge on any atom is 0.340 e. The van der Waals surface area contributed by atoms with Gasteiger partial charge in [-0.2, -0.15) is 0 Å². The number of rotatable bonds is 4. The molecule has 0 saturated heterocycles. The molecule has 4 nitrogen and oxygen atoms in total. The second-order valence-corrected chi connectivity index (χ2v) is 4.92. The zero-order valence-electron chi connectivity index (χ0n) is 11.0. The van der Waals surface area contributed by atoms with Crippen molar-refractivity contribution in [3.05, 3.63) is 23.3 Å². The summed E-state index contributed by atoms with van der Waals surface area (Å²) < 4.78 is 4.74. The number of nitrogens with one attached hydrogen (secondary N) is 1. The van der Waals surface area contributed by atoms with Crippen LogP contribution in [0, 0.1) is 12.8 Å². The van der Waals surface area contributed by atoms with Crippen LogP contribution in [0.4, 0.5) is 11.4 Å². The lowest BCUT2D eigenvalue weighted by Crippen LogP contribution is -2.21. The number of anilines is 2. The fourth-order valence-corrected chi connectivity index (χ4v) is 2.14. The van der Waals surface area contributed by atoms with Crippen molar-refractivity contribution < 1.29 is 9.53 Å². The van der Waals surface area contributed by atoms with Crippen LogP contribution in [-0.2, 0) is 4.74 Å². The summed E-state index contributed by atoms with van der Waals surface area (Å²) in [5.74, 6) is 0.382.